The molecule has 1 heterocycles. The van der Waals surface area contributed by atoms with Crippen molar-refractivity contribution in [2.45, 2.75) is 19.6 Å². The molecule has 2 aromatic rings. The maximum absolute atomic E-state index is 13.1. The molecule has 19 heavy (non-hydrogen) atoms. The molecular formula is C14H16BrFN2S. The first-order valence-corrected chi connectivity index (χ1v) is 7.64. The summed E-state index contributed by atoms with van der Waals surface area (Å²) in [7, 11) is 2.05. The zero-order valence-electron chi connectivity index (χ0n) is 10.7. The summed E-state index contributed by atoms with van der Waals surface area (Å²) in [5.41, 5.74) is 8.89. The van der Waals surface area contributed by atoms with E-state index < -0.39 is 0 Å². The Balaban J connectivity index is 2.04. The minimum absolute atomic E-state index is 0.228. The van der Waals surface area contributed by atoms with Gasteiger partial charge in [-0.15, -0.1) is 11.3 Å². The normalized spacial score (nSPS) is 11.2. The van der Waals surface area contributed by atoms with Crippen molar-refractivity contribution >= 4 is 27.3 Å². The zero-order chi connectivity index (χ0) is 13.8. The molecule has 1 aromatic carbocycles. The molecular weight excluding hydrogens is 327 g/mol. The number of halogens is 2. The maximum atomic E-state index is 13.1. The van der Waals surface area contributed by atoms with E-state index in [-0.39, 0.29) is 5.82 Å². The Morgan fingerprint density at radius 3 is 2.68 bits per heavy atom. The lowest BCUT2D eigenvalue weighted by Gasteiger charge is -2.18. The third-order valence-electron chi connectivity index (χ3n) is 2.90. The van der Waals surface area contributed by atoms with Crippen molar-refractivity contribution in [3.63, 3.8) is 0 Å². The lowest BCUT2D eigenvalue weighted by atomic mass is 10.1. The lowest BCUT2D eigenvalue weighted by Crippen LogP contribution is -2.18. The van der Waals surface area contributed by atoms with E-state index in [0.29, 0.717) is 6.54 Å². The molecule has 0 fully saturated rings. The minimum Gasteiger partial charge on any atom is -0.326 e. The SMILES string of the molecule is CN(Cc1csc(Br)c1)Cc1ccc(F)cc1CN. The van der Waals surface area contributed by atoms with Crippen molar-refractivity contribution in [1.29, 1.82) is 0 Å². The van der Waals surface area contributed by atoms with E-state index in [1.807, 2.05) is 6.07 Å². The van der Waals surface area contributed by atoms with Crippen molar-refractivity contribution in [3.8, 4) is 0 Å². The molecule has 0 bridgehead atoms. The molecule has 0 unspecified atom stereocenters. The van der Waals surface area contributed by atoms with Crippen LogP contribution in [0, 0.1) is 5.82 Å². The van der Waals surface area contributed by atoms with E-state index in [9.17, 15) is 4.39 Å². The van der Waals surface area contributed by atoms with Gasteiger partial charge in [0.25, 0.3) is 0 Å². The average molecular weight is 343 g/mol. The Bertz CT molecular complexity index is 556. The van der Waals surface area contributed by atoms with E-state index in [1.165, 1.54) is 17.7 Å². The van der Waals surface area contributed by atoms with Crippen LogP contribution >= 0.6 is 27.3 Å². The van der Waals surface area contributed by atoms with Crippen LogP contribution in [0.5, 0.6) is 0 Å². The van der Waals surface area contributed by atoms with Gasteiger partial charge in [-0.1, -0.05) is 6.07 Å². The molecule has 0 saturated heterocycles. The molecule has 0 aliphatic rings. The van der Waals surface area contributed by atoms with Crippen molar-refractivity contribution in [2.24, 2.45) is 5.73 Å². The quantitative estimate of drug-likeness (QED) is 0.896. The number of hydrogen-bond donors (Lipinski definition) is 1. The highest BCUT2D eigenvalue weighted by molar-refractivity contribution is 9.11. The summed E-state index contributed by atoms with van der Waals surface area (Å²) in [6.07, 6.45) is 0. The van der Waals surface area contributed by atoms with Gasteiger partial charge in [0, 0.05) is 19.6 Å². The third kappa shape index (κ3) is 4.11. The monoisotopic (exact) mass is 342 g/mol. The van der Waals surface area contributed by atoms with Gasteiger partial charge >= 0.3 is 0 Å². The number of benzene rings is 1. The molecule has 2 nitrogen and oxygen atoms in total. The second kappa shape index (κ2) is 6.61. The van der Waals surface area contributed by atoms with Crippen LogP contribution in [-0.4, -0.2) is 11.9 Å². The third-order valence-corrected chi connectivity index (χ3v) is 4.46. The molecule has 102 valence electrons. The Morgan fingerprint density at radius 1 is 1.26 bits per heavy atom. The Hall–Kier alpha value is -0.750. The van der Waals surface area contributed by atoms with Crippen LogP contribution in [0.15, 0.2) is 33.4 Å². The molecule has 2 N–H and O–H groups in total. The molecule has 0 aliphatic heterocycles. The molecule has 0 atom stereocenters. The summed E-state index contributed by atoms with van der Waals surface area (Å²) in [6.45, 7) is 1.99. The summed E-state index contributed by atoms with van der Waals surface area (Å²) >= 11 is 5.14. The summed E-state index contributed by atoms with van der Waals surface area (Å²) in [4.78, 5) is 2.20. The lowest BCUT2D eigenvalue weighted by molar-refractivity contribution is 0.318. The summed E-state index contributed by atoms with van der Waals surface area (Å²) in [6, 6.07) is 6.95. The van der Waals surface area contributed by atoms with Crippen LogP contribution in [0.1, 0.15) is 16.7 Å². The van der Waals surface area contributed by atoms with Gasteiger partial charge in [-0.05, 0) is 63.2 Å². The predicted molar refractivity (Wildman–Crippen MR) is 81.5 cm³/mol. The first kappa shape index (κ1) is 14.7. The van der Waals surface area contributed by atoms with E-state index in [2.05, 4.69) is 39.3 Å². The standard InChI is InChI=1S/C14H16BrFN2S/c1-18(7-10-4-14(15)19-9-10)8-11-2-3-13(16)5-12(11)6-17/h2-5,9H,6-8,17H2,1H3. The predicted octanol–water partition coefficient (Wildman–Crippen LogP) is 3.74. The van der Waals surface area contributed by atoms with Crippen molar-refractivity contribution in [3.05, 3.63) is 55.9 Å². The topological polar surface area (TPSA) is 29.3 Å². The van der Waals surface area contributed by atoms with E-state index in [0.717, 1.165) is 28.0 Å². The van der Waals surface area contributed by atoms with Gasteiger partial charge in [-0.25, -0.2) is 4.39 Å². The zero-order valence-corrected chi connectivity index (χ0v) is 13.1. The maximum Gasteiger partial charge on any atom is 0.123 e. The fraction of sp³-hybridized carbons (Fsp3) is 0.286. The molecule has 0 radical (unpaired) electrons. The number of thiophene rings is 1. The van der Waals surface area contributed by atoms with Crippen molar-refractivity contribution in [2.75, 3.05) is 7.05 Å². The summed E-state index contributed by atoms with van der Waals surface area (Å²) in [5.74, 6) is -0.228. The molecule has 1 aromatic heterocycles. The Kier molecular flexibility index (Phi) is 5.10. The van der Waals surface area contributed by atoms with Crippen molar-refractivity contribution in [1.82, 2.24) is 4.90 Å². The van der Waals surface area contributed by atoms with Crippen LogP contribution in [0.4, 0.5) is 4.39 Å². The van der Waals surface area contributed by atoms with Gasteiger partial charge in [0.1, 0.15) is 5.82 Å². The van der Waals surface area contributed by atoms with E-state index in [4.69, 9.17) is 5.73 Å². The van der Waals surface area contributed by atoms with Gasteiger partial charge in [-0.2, -0.15) is 0 Å². The van der Waals surface area contributed by atoms with Gasteiger partial charge < -0.3 is 5.73 Å². The highest BCUT2D eigenvalue weighted by Crippen LogP contribution is 2.22. The average Bonchev–Trinajstić information content (AvgIpc) is 2.76. The van der Waals surface area contributed by atoms with E-state index in [1.54, 1.807) is 11.3 Å². The molecule has 0 spiro atoms. The molecule has 0 amide bonds. The largest absolute Gasteiger partial charge is 0.326 e. The fourth-order valence-electron chi connectivity index (χ4n) is 2.03. The fourth-order valence-corrected chi connectivity index (χ4v) is 3.23. The summed E-state index contributed by atoms with van der Waals surface area (Å²) in [5, 5.41) is 2.13. The number of rotatable bonds is 5. The van der Waals surface area contributed by atoms with Gasteiger partial charge in [0.05, 0.1) is 3.79 Å². The molecule has 2 rings (SSSR count). The Morgan fingerprint density at radius 2 is 2.05 bits per heavy atom. The minimum atomic E-state index is -0.228. The van der Waals surface area contributed by atoms with Crippen LogP contribution in [-0.2, 0) is 19.6 Å². The van der Waals surface area contributed by atoms with Gasteiger partial charge in [0.2, 0.25) is 0 Å². The smallest absolute Gasteiger partial charge is 0.123 e. The van der Waals surface area contributed by atoms with Crippen LogP contribution in [0.3, 0.4) is 0 Å². The number of nitrogens with two attached hydrogens (primary N) is 1. The van der Waals surface area contributed by atoms with E-state index >= 15 is 0 Å². The first-order valence-electron chi connectivity index (χ1n) is 5.97. The second-order valence-corrected chi connectivity index (χ2v) is 6.84. The second-order valence-electron chi connectivity index (χ2n) is 4.55. The van der Waals surface area contributed by atoms with Gasteiger partial charge in [-0.3, -0.25) is 4.90 Å². The highest BCUT2D eigenvalue weighted by atomic mass is 79.9. The van der Waals surface area contributed by atoms with Crippen LogP contribution in [0.25, 0.3) is 0 Å². The van der Waals surface area contributed by atoms with Crippen LogP contribution in [0.2, 0.25) is 0 Å². The molecule has 0 saturated carbocycles. The molecule has 0 aliphatic carbocycles. The van der Waals surface area contributed by atoms with Gasteiger partial charge in [0.15, 0.2) is 0 Å². The first-order chi connectivity index (χ1) is 9.08. The van der Waals surface area contributed by atoms with Crippen molar-refractivity contribution < 1.29 is 4.39 Å². The summed E-state index contributed by atoms with van der Waals surface area (Å²) < 4.78 is 14.3. The van der Waals surface area contributed by atoms with Crippen LogP contribution < -0.4 is 5.73 Å². The number of hydrogen-bond acceptors (Lipinski definition) is 3. The highest BCUT2D eigenvalue weighted by Gasteiger charge is 2.07. The Labute approximate surface area is 125 Å². The number of nitrogens with zero attached hydrogens (tertiary/aromatic N) is 1. The molecule has 5 heteroatoms.